The van der Waals surface area contributed by atoms with Gasteiger partial charge < -0.3 is 15.8 Å². The molecule has 0 radical (unpaired) electrons. The van der Waals surface area contributed by atoms with Gasteiger partial charge in [0.25, 0.3) is 5.91 Å². The summed E-state index contributed by atoms with van der Waals surface area (Å²) in [5.41, 5.74) is 9.94. The fourth-order valence-corrected chi connectivity index (χ4v) is 4.85. The lowest BCUT2D eigenvalue weighted by Gasteiger charge is -2.23. The molecule has 39 heavy (non-hydrogen) atoms. The molecule has 3 aromatic carbocycles. The predicted octanol–water partition coefficient (Wildman–Crippen LogP) is 1.78. The van der Waals surface area contributed by atoms with Crippen LogP contribution in [0.4, 0.5) is 0 Å². The van der Waals surface area contributed by atoms with E-state index in [9.17, 15) is 18.0 Å². The molecule has 1 unspecified atom stereocenters. The normalized spacial score (nSPS) is 16.6. The van der Waals surface area contributed by atoms with Gasteiger partial charge in [0.1, 0.15) is 5.84 Å². The number of nitrogens with two attached hydrogens (primary N) is 2. The number of nitrogen functional groups attached to an aromatic ring is 1. The lowest BCUT2D eigenvalue weighted by Crippen LogP contribution is -2.48. The van der Waals surface area contributed by atoms with Crippen LogP contribution in [0, 0.1) is 5.41 Å². The van der Waals surface area contributed by atoms with Crippen LogP contribution in [0.15, 0.2) is 83.8 Å². The van der Waals surface area contributed by atoms with Crippen LogP contribution in [0.3, 0.4) is 0 Å². The highest BCUT2D eigenvalue weighted by molar-refractivity contribution is 7.89. The van der Waals surface area contributed by atoms with Gasteiger partial charge in [0, 0.05) is 23.2 Å². The van der Waals surface area contributed by atoms with E-state index in [0.29, 0.717) is 28.0 Å². The molecule has 0 aliphatic carbocycles. The maximum absolute atomic E-state index is 13.3. The molecular weight excluding hydrogens is 522 g/mol. The molecule has 1 atom stereocenters. The summed E-state index contributed by atoms with van der Waals surface area (Å²) in [5, 5.41) is 15.8. The first-order chi connectivity index (χ1) is 18.5. The first-order valence-corrected chi connectivity index (χ1v) is 13.2. The van der Waals surface area contributed by atoms with Crippen molar-refractivity contribution in [2.75, 3.05) is 7.11 Å². The minimum atomic E-state index is -3.91. The van der Waals surface area contributed by atoms with Crippen molar-refractivity contribution in [3.63, 3.8) is 0 Å². The van der Waals surface area contributed by atoms with Crippen molar-refractivity contribution in [1.82, 2.24) is 10.8 Å². The average Bonchev–Trinajstić information content (AvgIpc) is 3.36. The number of rotatable bonds is 9. The van der Waals surface area contributed by atoms with E-state index >= 15 is 0 Å². The van der Waals surface area contributed by atoms with Gasteiger partial charge in [-0.25, -0.2) is 13.6 Å². The SMILES string of the molecule is COC(=O)CC1(C(=O)NCc2ccc(-c3ccccc3S(N)(=O)=O)cc2)C=C(c2cccc(C(=N)N)c2)NO1. The molecule has 202 valence electrons. The van der Waals surface area contributed by atoms with E-state index in [1.165, 1.54) is 19.3 Å². The van der Waals surface area contributed by atoms with Crippen LogP contribution in [-0.4, -0.2) is 38.8 Å². The Kier molecular flexibility index (Phi) is 7.81. The van der Waals surface area contributed by atoms with Gasteiger partial charge in [-0.15, -0.1) is 0 Å². The van der Waals surface area contributed by atoms with Crippen LogP contribution in [0.1, 0.15) is 23.1 Å². The summed E-state index contributed by atoms with van der Waals surface area (Å²) in [5.74, 6) is -1.35. The van der Waals surface area contributed by atoms with Gasteiger partial charge in [0.2, 0.25) is 15.6 Å². The van der Waals surface area contributed by atoms with Crippen LogP contribution < -0.4 is 21.7 Å². The highest BCUT2D eigenvalue weighted by Gasteiger charge is 2.45. The highest BCUT2D eigenvalue weighted by Crippen LogP contribution is 2.31. The molecular formula is C27H27N5O6S. The molecule has 4 rings (SSSR count). The first kappa shape index (κ1) is 27.5. The maximum atomic E-state index is 13.3. The summed E-state index contributed by atoms with van der Waals surface area (Å²) >= 11 is 0. The van der Waals surface area contributed by atoms with Crippen LogP contribution in [0.5, 0.6) is 0 Å². The number of sulfonamides is 1. The van der Waals surface area contributed by atoms with Crippen molar-refractivity contribution in [3.05, 3.63) is 95.6 Å². The standard InChI is InChI=1S/C27H27N5O6S/c1-37-24(33)15-27(14-22(32-38-27)19-5-4-6-20(13-19)25(28)29)26(34)31-16-17-9-11-18(12-10-17)21-7-2-3-8-23(21)39(30,35)36/h2-14,32H,15-16H2,1H3,(H3,28,29)(H,31,34)(H2,30,35,36). The van der Waals surface area contributed by atoms with Gasteiger partial charge in [0.15, 0.2) is 0 Å². The predicted molar refractivity (Wildman–Crippen MR) is 144 cm³/mol. The molecule has 1 amide bonds. The quantitative estimate of drug-likeness (QED) is 0.152. The van der Waals surface area contributed by atoms with E-state index in [-0.39, 0.29) is 23.7 Å². The molecule has 0 saturated heterocycles. The Morgan fingerprint density at radius 2 is 1.77 bits per heavy atom. The molecule has 0 aromatic heterocycles. The number of nitrogens with one attached hydrogen (secondary N) is 3. The minimum Gasteiger partial charge on any atom is -0.469 e. The highest BCUT2D eigenvalue weighted by atomic mass is 32.2. The molecule has 0 bridgehead atoms. The Morgan fingerprint density at radius 1 is 1.05 bits per heavy atom. The number of amidine groups is 1. The Balaban J connectivity index is 1.54. The Hall–Kier alpha value is -4.52. The van der Waals surface area contributed by atoms with Gasteiger partial charge in [0.05, 0.1) is 24.1 Å². The Labute approximate surface area is 225 Å². The maximum Gasteiger partial charge on any atom is 0.309 e. The largest absolute Gasteiger partial charge is 0.469 e. The lowest BCUT2D eigenvalue weighted by molar-refractivity contribution is -0.157. The van der Waals surface area contributed by atoms with Crippen LogP contribution in [0.25, 0.3) is 16.8 Å². The molecule has 1 aliphatic rings. The number of hydroxylamine groups is 1. The van der Waals surface area contributed by atoms with Crippen molar-refractivity contribution >= 4 is 33.4 Å². The number of carbonyl (C=O) groups is 2. The first-order valence-electron chi connectivity index (χ1n) is 11.7. The second-order valence-corrected chi connectivity index (χ2v) is 10.3. The zero-order valence-corrected chi connectivity index (χ0v) is 21.7. The molecule has 12 heteroatoms. The number of benzene rings is 3. The summed E-state index contributed by atoms with van der Waals surface area (Å²) in [6.45, 7) is 0.102. The van der Waals surface area contributed by atoms with Crippen LogP contribution in [-0.2, 0) is 35.7 Å². The van der Waals surface area contributed by atoms with Crippen molar-refractivity contribution in [2.45, 2.75) is 23.5 Å². The fourth-order valence-electron chi connectivity index (χ4n) is 4.09. The lowest BCUT2D eigenvalue weighted by atomic mass is 9.95. The second-order valence-electron chi connectivity index (χ2n) is 8.82. The summed E-state index contributed by atoms with van der Waals surface area (Å²) in [4.78, 5) is 31.2. The average molecular weight is 550 g/mol. The third kappa shape index (κ3) is 6.14. The van der Waals surface area contributed by atoms with Crippen molar-refractivity contribution in [1.29, 1.82) is 5.41 Å². The summed E-state index contributed by atoms with van der Waals surface area (Å²) < 4.78 is 28.7. The minimum absolute atomic E-state index is 0.0121. The molecule has 11 nitrogen and oxygen atoms in total. The van der Waals surface area contributed by atoms with E-state index in [2.05, 4.69) is 10.8 Å². The number of esters is 1. The number of hydrogen-bond donors (Lipinski definition) is 5. The number of methoxy groups -OCH3 is 1. The Bertz CT molecular complexity index is 1570. The second kappa shape index (κ2) is 11.1. The smallest absolute Gasteiger partial charge is 0.309 e. The van der Waals surface area contributed by atoms with E-state index in [1.807, 2.05) is 0 Å². The number of primary sulfonamides is 1. The molecule has 3 aromatic rings. The van der Waals surface area contributed by atoms with E-state index in [4.69, 9.17) is 25.9 Å². The summed E-state index contributed by atoms with van der Waals surface area (Å²) in [7, 11) is -2.69. The molecule has 1 aliphatic heterocycles. The van der Waals surface area contributed by atoms with E-state index < -0.39 is 27.5 Å². The zero-order valence-electron chi connectivity index (χ0n) is 20.9. The van der Waals surface area contributed by atoms with Crippen molar-refractivity contribution < 1.29 is 27.6 Å². The molecule has 0 saturated carbocycles. The third-order valence-electron chi connectivity index (χ3n) is 6.14. The van der Waals surface area contributed by atoms with Gasteiger partial charge >= 0.3 is 5.97 Å². The third-order valence-corrected chi connectivity index (χ3v) is 7.10. The molecule has 1 heterocycles. The topological polar surface area (TPSA) is 187 Å². The van der Waals surface area contributed by atoms with Crippen molar-refractivity contribution in [3.8, 4) is 11.1 Å². The van der Waals surface area contributed by atoms with Crippen LogP contribution in [0.2, 0.25) is 0 Å². The number of amides is 1. The Morgan fingerprint density at radius 3 is 2.44 bits per heavy atom. The van der Waals surface area contributed by atoms with Gasteiger partial charge in [-0.2, -0.15) is 0 Å². The zero-order chi connectivity index (χ0) is 28.2. The van der Waals surface area contributed by atoms with E-state index in [0.717, 1.165) is 5.56 Å². The van der Waals surface area contributed by atoms with Crippen molar-refractivity contribution in [2.24, 2.45) is 10.9 Å². The van der Waals surface area contributed by atoms with E-state index in [1.54, 1.807) is 66.7 Å². The monoisotopic (exact) mass is 549 g/mol. The fraction of sp³-hybridized carbons (Fsp3) is 0.148. The number of hydrogen-bond acceptors (Lipinski definition) is 8. The molecule has 0 spiro atoms. The van der Waals surface area contributed by atoms with Gasteiger partial charge in [-0.3, -0.25) is 25.3 Å². The number of carbonyl (C=O) groups excluding carboxylic acids is 2. The number of ether oxygens (including phenoxy) is 1. The molecule has 7 N–H and O–H groups in total. The van der Waals surface area contributed by atoms with Gasteiger partial charge in [-0.1, -0.05) is 60.7 Å². The molecule has 0 fully saturated rings. The van der Waals surface area contributed by atoms with Crippen LogP contribution >= 0.6 is 0 Å². The summed E-state index contributed by atoms with van der Waals surface area (Å²) in [6, 6.07) is 20.1. The summed E-state index contributed by atoms with van der Waals surface area (Å²) in [6.07, 6.45) is 1.10. The van der Waals surface area contributed by atoms with Gasteiger partial charge in [-0.05, 0) is 29.3 Å².